The summed E-state index contributed by atoms with van der Waals surface area (Å²) in [5, 5.41) is 9.79. The van der Waals surface area contributed by atoms with Gasteiger partial charge < -0.3 is 4.90 Å². The Bertz CT molecular complexity index is 1440. The van der Waals surface area contributed by atoms with Crippen LogP contribution in [0.4, 0.5) is 0 Å². The zero-order chi connectivity index (χ0) is 24.5. The van der Waals surface area contributed by atoms with Crippen molar-refractivity contribution in [1.82, 2.24) is 24.1 Å². The molecule has 0 spiro atoms. The molecule has 1 aliphatic carbocycles. The number of aryl methyl sites for hydroxylation is 1. The molecule has 1 aliphatic rings. The van der Waals surface area contributed by atoms with Gasteiger partial charge in [-0.1, -0.05) is 61.4 Å². The summed E-state index contributed by atoms with van der Waals surface area (Å²) in [6.45, 7) is 6.69. The van der Waals surface area contributed by atoms with Crippen molar-refractivity contribution in [3.05, 3.63) is 64.4 Å². The van der Waals surface area contributed by atoms with Crippen LogP contribution in [0.15, 0.2) is 58.5 Å². The second-order valence-electron chi connectivity index (χ2n) is 9.24. The summed E-state index contributed by atoms with van der Waals surface area (Å²) >= 11 is 1.41. The molecule has 1 amide bonds. The van der Waals surface area contributed by atoms with E-state index in [1.165, 1.54) is 31.0 Å². The van der Waals surface area contributed by atoms with Gasteiger partial charge in [-0.3, -0.25) is 14.0 Å². The van der Waals surface area contributed by atoms with Gasteiger partial charge in [-0.25, -0.2) is 4.57 Å². The largest absolute Gasteiger partial charge is 0.339 e. The van der Waals surface area contributed by atoms with Gasteiger partial charge in [0, 0.05) is 12.6 Å². The summed E-state index contributed by atoms with van der Waals surface area (Å²) in [5.74, 6) is 0.586. The number of hydrogen-bond acceptors (Lipinski definition) is 5. The van der Waals surface area contributed by atoms with E-state index in [0.29, 0.717) is 28.9 Å². The number of nitrogens with zero attached hydrogens (tertiary/aromatic N) is 5. The Labute approximate surface area is 209 Å². The monoisotopic (exact) mass is 489 g/mol. The van der Waals surface area contributed by atoms with Gasteiger partial charge in [0.15, 0.2) is 5.16 Å². The van der Waals surface area contributed by atoms with Gasteiger partial charge in [0.2, 0.25) is 11.7 Å². The van der Waals surface area contributed by atoms with Gasteiger partial charge in [0.25, 0.3) is 5.56 Å². The molecule has 0 aliphatic heterocycles. The lowest BCUT2D eigenvalue weighted by molar-refractivity contribution is -0.133. The maximum absolute atomic E-state index is 13.6. The predicted molar refractivity (Wildman–Crippen MR) is 140 cm³/mol. The number of fused-ring (bicyclic) bond motifs is 3. The highest BCUT2D eigenvalue weighted by atomic mass is 32.2. The lowest BCUT2D eigenvalue weighted by atomic mass is 9.94. The Morgan fingerprint density at radius 2 is 1.80 bits per heavy atom. The topological polar surface area (TPSA) is 72.5 Å². The van der Waals surface area contributed by atoms with E-state index in [2.05, 4.69) is 17.1 Å². The van der Waals surface area contributed by atoms with Crippen molar-refractivity contribution in [2.24, 2.45) is 0 Å². The second kappa shape index (κ2) is 9.85. The number of amides is 1. The molecule has 2 aromatic heterocycles. The van der Waals surface area contributed by atoms with Crippen LogP contribution in [0.1, 0.15) is 51.5 Å². The van der Waals surface area contributed by atoms with Crippen molar-refractivity contribution in [2.75, 3.05) is 6.54 Å². The lowest BCUT2D eigenvalue weighted by Gasteiger charge is -2.35. The van der Waals surface area contributed by atoms with Crippen LogP contribution >= 0.6 is 11.8 Å². The molecule has 1 fully saturated rings. The highest BCUT2D eigenvalue weighted by Gasteiger charge is 2.29. The van der Waals surface area contributed by atoms with Crippen LogP contribution in [-0.2, 0) is 4.79 Å². The average molecular weight is 490 g/mol. The van der Waals surface area contributed by atoms with Crippen molar-refractivity contribution in [2.45, 2.75) is 69.3 Å². The number of aromatic nitrogens is 4. The molecule has 5 rings (SSSR count). The van der Waals surface area contributed by atoms with Crippen molar-refractivity contribution < 1.29 is 4.79 Å². The SMILES string of the molecule is CCN(C(=O)C(C)Sc1nnc2n(-c3ccccc3C)c(=O)c3ccccc3n12)C1CCCCC1. The third-order valence-electron chi connectivity index (χ3n) is 7.02. The van der Waals surface area contributed by atoms with E-state index in [0.717, 1.165) is 29.6 Å². The second-order valence-corrected chi connectivity index (χ2v) is 10.5. The Kier molecular flexibility index (Phi) is 6.65. The molecule has 1 atom stereocenters. The van der Waals surface area contributed by atoms with E-state index in [-0.39, 0.29) is 16.7 Å². The van der Waals surface area contributed by atoms with E-state index < -0.39 is 0 Å². The summed E-state index contributed by atoms with van der Waals surface area (Å²) in [5.41, 5.74) is 2.35. The van der Waals surface area contributed by atoms with Crippen LogP contribution in [0, 0.1) is 6.92 Å². The first-order chi connectivity index (χ1) is 17.0. The van der Waals surface area contributed by atoms with E-state index in [1.54, 1.807) is 4.57 Å². The third-order valence-corrected chi connectivity index (χ3v) is 8.05. The first kappa shape index (κ1) is 23.6. The minimum atomic E-state index is -0.318. The molecule has 0 N–H and O–H groups in total. The van der Waals surface area contributed by atoms with Crippen LogP contribution in [0.5, 0.6) is 0 Å². The molecular formula is C27H31N5O2S. The molecule has 1 saturated carbocycles. The van der Waals surface area contributed by atoms with E-state index >= 15 is 0 Å². The zero-order valence-corrected chi connectivity index (χ0v) is 21.3. The number of carbonyl (C=O) groups is 1. The Hall–Kier alpha value is -3.13. The van der Waals surface area contributed by atoms with Crippen LogP contribution in [0.2, 0.25) is 0 Å². The van der Waals surface area contributed by atoms with Gasteiger partial charge in [-0.05, 0) is 57.4 Å². The van der Waals surface area contributed by atoms with Crippen molar-refractivity contribution >= 4 is 34.3 Å². The third kappa shape index (κ3) is 4.24. The maximum Gasteiger partial charge on any atom is 0.267 e. The molecule has 4 aromatic rings. The van der Waals surface area contributed by atoms with Crippen LogP contribution in [0.25, 0.3) is 22.4 Å². The molecular weight excluding hydrogens is 458 g/mol. The summed E-state index contributed by atoms with van der Waals surface area (Å²) in [6.07, 6.45) is 5.80. The van der Waals surface area contributed by atoms with Crippen molar-refractivity contribution in [3.63, 3.8) is 0 Å². The molecule has 7 nitrogen and oxygen atoms in total. The number of rotatable bonds is 6. The van der Waals surface area contributed by atoms with Crippen molar-refractivity contribution in [1.29, 1.82) is 0 Å². The Balaban J connectivity index is 1.59. The number of carbonyl (C=O) groups excluding carboxylic acids is 1. The molecule has 0 radical (unpaired) electrons. The van der Waals surface area contributed by atoms with Gasteiger partial charge in [-0.15, -0.1) is 10.2 Å². The van der Waals surface area contributed by atoms with Crippen LogP contribution in [-0.4, -0.2) is 47.8 Å². The number of thioether (sulfide) groups is 1. The average Bonchev–Trinajstić information content (AvgIpc) is 3.29. The quantitative estimate of drug-likeness (QED) is 0.356. The highest BCUT2D eigenvalue weighted by molar-refractivity contribution is 8.00. The number of para-hydroxylation sites is 2. The van der Waals surface area contributed by atoms with E-state index in [4.69, 9.17) is 0 Å². The van der Waals surface area contributed by atoms with E-state index in [1.807, 2.05) is 71.7 Å². The normalized spacial score (nSPS) is 15.5. The lowest BCUT2D eigenvalue weighted by Crippen LogP contribution is -2.44. The molecule has 2 aromatic carbocycles. The van der Waals surface area contributed by atoms with Crippen LogP contribution in [0.3, 0.4) is 0 Å². The molecule has 0 saturated heterocycles. The summed E-state index contributed by atoms with van der Waals surface area (Å²) < 4.78 is 3.54. The van der Waals surface area contributed by atoms with Gasteiger partial charge in [0.1, 0.15) is 0 Å². The minimum Gasteiger partial charge on any atom is -0.339 e. The fourth-order valence-corrected chi connectivity index (χ4v) is 6.14. The van der Waals surface area contributed by atoms with Crippen molar-refractivity contribution in [3.8, 4) is 5.69 Å². The highest BCUT2D eigenvalue weighted by Crippen LogP contribution is 2.29. The van der Waals surface area contributed by atoms with Gasteiger partial charge >= 0.3 is 0 Å². The smallest absolute Gasteiger partial charge is 0.267 e. The fraction of sp³-hybridized carbons (Fsp3) is 0.407. The van der Waals surface area contributed by atoms with Gasteiger partial charge in [-0.2, -0.15) is 0 Å². The standard InChI is InChI=1S/C27H31N5O2S/c1-4-30(20-13-6-5-7-14-20)24(33)19(3)35-27-29-28-26-31(22-16-10-8-12-18(22)2)25(34)21-15-9-11-17-23(21)32(26)27/h8-12,15-17,19-20H,4-7,13-14H2,1-3H3. The molecule has 8 heteroatoms. The first-order valence-corrected chi connectivity index (χ1v) is 13.3. The number of benzene rings is 2. The Morgan fingerprint density at radius 1 is 1.09 bits per heavy atom. The predicted octanol–water partition coefficient (Wildman–Crippen LogP) is 5.00. The maximum atomic E-state index is 13.6. The molecule has 35 heavy (non-hydrogen) atoms. The molecule has 1 unspecified atom stereocenters. The van der Waals surface area contributed by atoms with E-state index in [9.17, 15) is 9.59 Å². The van der Waals surface area contributed by atoms with Crippen LogP contribution < -0.4 is 5.56 Å². The summed E-state index contributed by atoms with van der Waals surface area (Å²) in [4.78, 5) is 29.1. The first-order valence-electron chi connectivity index (χ1n) is 12.4. The molecule has 0 bridgehead atoms. The van der Waals surface area contributed by atoms with Gasteiger partial charge in [0.05, 0.1) is 21.8 Å². The minimum absolute atomic E-state index is 0.134. The molecule has 2 heterocycles. The molecule has 182 valence electrons. The zero-order valence-electron chi connectivity index (χ0n) is 20.5. The Morgan fingerprint density at radius 3 is 2.54 bits per heavy atom. The fourth-order valence-electron chi connectivity index (χ4n) is 5.22. The number of hydrogen-bond donors (Lipinski definition) is 0. The summed E-state index contributed by atoms with van der Waals surface area (Å²) in [6, 6.07) is 15.6. The summed E-state index contributed by atoms with van der Waals surface area (Å²) in [7, 11) is 0.